The van der Waals surface area contributed by atoms with Crippen LogP contribution < -0.4 is 5.32 Å². The van der Waals surface area contributed by atoms with Crippen molar-refractivity contribution in [3.63, 3.8) is 0 Å². The molecule has 0 spiro atoms. The second kappa shape index (κ2) is 8.09. The number of amides is 1. The second-order valence-corrected chi connectivity index (χ2v) is 6.54. The first-order valence-electron chi connectivity index (χ1n) is 8.20. The van der Waals surface area contributed by atoms with Gasteiger partial charge < -0.3 is 5.32 Å². The molecule has 3 aromatic rings. The van der Waals surface area contributed by atoms with E-state index in [1.807, 2.05) is 44.4 Å². The van der Waals surface area contributed by atoms with Crippen molar-refractivity contribution in [2.45, 2.75) is 31.8 Å². The first-order chi connectivity index (χ1) is 12.6. The standard InChI is InChI=1S/C18H20N6OS/c1-12-14(13(2)22-18(21-12)26-3)8-9-17(25)23-15-6-4-5-7-16(15)24-11-19-10-20-24/h4-7,10-11H,8-9H2,1-3H3,(H,23,25). The Hall–Kier alpha value is -2.74. The number of thioether (sulfide) groups is 1. The summed E-state index contributed by atoms with van der Waals surface area (Å²) in [7, 11) is 0. The SMILES string of the molecule is CSc1nc(C)c(CCC(=O)Nc2ccccc2-n2cncn2)c(C)n1. The molecule has 0 aliphatic heterocycles. The molecule has 2 aromatic heterocycles. The van der Waals surface area contributed by atoms with E-state index in [0.29, 0.717) is 18.5 Å². The van der Waals surface area contributed by atoms with Crippen molar-refractivity contribution in [3.05, 3.63) is 53.9 Å². The highest BCUT2D eigenvalue weighted by molar-refractivity contribution is 7.98. The Morgan fingerprint density at radius 2 is 1.92 bits per heavy atom. The van der Waals surface area contributed by atoms with Crippen molar-refractivity contribution in [2.24, 2.45) is 0 Å². The maximum Gasteiger partial charge on any atom is 0.224 e. The molecule has 0 saturated heterocycles. The van der Waals surface area contributed by atoms with E-state index in [1.54, 1.807) is 11.0 Å². The second-order valence-electron chi connectivity index (χ2n) is 5.77. The van der Waals surface area contributed by atoms with Crippen LogP contribution in [0, 0.1) is 13.8 Å². The normalized spacial score (nSPS) is 10.7. The molecular weight excluding hydrogens is 348 g/mol. The lowest BCUT2D eigenvalue weighted by Gasteiger charge is -2.12. The number of aryl methyl sites for hydroxylation is 2. The predicted octanol–water partition coefficient (Wildman–Crippen LogP) is 2.97. The predicted molar refractivity (Wildman–Crippen MR) is 102 cm³/mol. The number of carbonyl (C=O) groups is 1. The third-order valence-corrected chi connectivity index (χ3v) is 4.58. The highest BCUT2D eigenvalue weighted by atomic mass is 32.2. The smallest absolute Gasteiger partial charge is 0.224 e. The van der Waals surface area contributed by atoms with Crippen molar-refractivity contribution >= 4 is 23.4 Å². The van der Waals surface area contributed by atoms with Crippen LogP contribution in [-0.2, 0) is 11.2 Å². The zero-order valence-electron chi connectivity index (χ0n) is 14.9. The van der Waals surface area contributed by atoms with Gasteiger partial charge in [0.05, 0.1) is 11.4 Å². The maximum absolute atomic E-state index is 12.5. The molecule has 3 rings (SSSR count). The third kappa shape index (κ3) is 4.08. The van der Waals surface area contributed by atoms with Crippen molar-refractivity contribution in [2.75, 3.05) is 11.6 Å². The number of rotatable bonds is 6. The van der Waals surface area contributed by atoms with Gasteiger partial charge in [-0.3, -0.25) is 4.79 Å². The number of para-hydroxylation sites is 2. The average Bonchev–Trinajstić information content (AvgIpc) is 3.15. The van der Waals surface area contributed by atoms with E-state index in [2.05, 4.69) is 25.4 Å². The van der Waals surface area contributed by atoms with Gasteiger partial charge in [0.25, 0.3) is 0 Å². The van der Waals surface area contributed by atoms with Gasteiger partial charge in [-0.25, -0.2) is 19.6 Å². The summed E-state index contributed by atoms with van der Waals surface area (Å²) in [6.07, 6.45) is 5.97. The molecule has 1 aromatic carbocycles. The number of anilines is 1. The Morgan fingerprint density at radius 3 is 2.58 bits per heavy atom. The van der Waals surface area contributed by atoms with Crippen molar-refractivity contribution in [1.82, 2.24) is 24.7 Å². The van der Waals surface area contributed by atoms with Crippen molar-refractivity contribution in [3.8, 4) is 5.69 Å². The number of carbonyl (C=O) groups excluding carboxylic acids is 1. The average molecular weight is 368 g/mol. The molecule has 134 valence electrons. The number of hydrogen-bond donors (Lipinski definition) is 1. The Labute approximate surface area is 156 Å². The summed E-state index contributed by atoms with van der Waals surface area (Å²) in [6, 6.07) is 7.50. The van der Waals surface area contributed by atoms with Crippen LogP contribution in [0.2, 0.25) is 0 Å². The number of aromatic nitrogens is 5. The number of nitrogens with one attached hydrogen (secondary N) is 1. The van der Waals surface area contributed by atoms with E-state index in [1.165, 1.54) is 18.1 Å². The number of hydrogen-bond acceptors (Lipinski definition) is 6. The summed E-state index contributed by atoms with van der Waals surface area (Å²) in [5.41, 5.74) is 4.36. The monoisotopic (exact) mass is 368 g/mol. The van der Waals surface area contributed by atoms with Crippen LogP contribution in [0.4, 0.5) is 5.69 Å². The lowest BCUT2D eigenvalue weighted by atomic mass is 10.1. The lowest BCUT2D eigenvalue weighted by molar-refractivity contribution is -0.116. The van der Waals surface area contributed by atoms with Crippen LogP contribution in [-0.4, -0.2) is 36.9 Å². The van der Waals surface area contributed by atoms with Gasteiger partial charge >= 0.3 is 0 Å². The van der Waals surface area contributed by atoms with Gasteiger partial charge in [-0.1, -0.05) is 23.9 Å². The zero-order valence-corrected chi connectivity index (χ0v) is 15.7. The first-order valence-corrected chi connectivity index (χ1v) is 9.43. The minimum atomic E-state index is -0.0645. The lowest BCUT2D eigenvalue weighted by Crippen LogP contribution is -2.15. The Bertz CT molecular complexity index is 887. The first kappa shape index (κ1) is 18.1. The molecule has 0 saturated carbocycles. The Morgan fingerprint density at radius 1 is 1.19 bits per heavy atom. The van der Waals surface area contributed by atoms with Gasteiger partial charge in [0.2, 0.25) is 5.91 Å². The Kier molecular flexibility index (Phi) is 5.62. The minimum Gasteiger partial charge on any atom is -0.324 e. The maximum atomic E-state index is 12.5. The Balaban J connectivity index is 1.70. The highest BCUT2D eigenvalue weighted by Gasteiger charge is 2.12. The van der Waals surface area contributed by atoms with E-state index < -0.39 is 0 Å². The van der Waals surface area contributed by atoms with E-state index in [-0.39, 0.29) is 5.91 Å². The van der Waals surface area contributed by atoms with Gasteiger partial charge in [-0.15, -0.1) is 0 Å². The summed E-state index contributed by atoms with van der Waals surface area (Å²) in [4.78, 5) is 25.3. The van der Waals surface area contributed by atoms with E-state index in [0.717, 1.165) is 27.8 Å². The molecule has 1 N–H and O–H groups in total. The van der Waals surface area contributed by atoms with Crippen LogP contribution in [0.15, 0.2) is 42.1 Å². The number of nitrogens with zero attached hydrogens (tertiary/aromatic N) is 5. The highest BCUT2D eigenvalue weighted by Crippen LogP contribution is 2.20. The molecule has 7 nitrogen and oxygen atoms in total. The number of benzene rings is 1. The molecular formula is C18H20N6OS. The minimum absolute atomic E-state index is 0.0645. The van der Waals surface area contributed by atoms with Gasteiger partial charge in [0.1, 0.15) is 12.7 Å². The van der Waals surface area contributed by atoms with E-state index >= 15 is 0 Å². The van der Waals surface area contributed by atoms with Gasteiger partial charge in [0.15, 0.2) is 5.16 Å². The van der Waals surface area contributed by atoms with E-state index in [9.17, 15) is 4.79 Å². The van der Waals surface area contributed by atoms with Crippen molar-refractivity contribution in [1.29, 1.82) is 0 Å². The summed E-state index contributed by atoms with van der Waals surface area (Å²) in [6.45, 7) is 3.92. The molecule has 0 radical (unpaired) electrons. The van der Waals surface area contributed by atoms with Crippen LogP contribution in [0.3, 0.4) is 0 Å². The summed E-state index contributed by atoms with van der Waals surface area (Å²) in [5, 5.41) is 7.84. The fourth-order valence-corrected chi connectivity index (χ4v) is 3.18. The largest absolute Gasteiger partial charge is 0.324 e. The van der Waals surface area contributed by atoms with Gasteiger partial charge in [-0.2, -0.15) is 5.10 Å². The fraction of sp³-hybridized carbons (Fsp3) is 0.278. The molecule has 2 heterocycles. The molecule has 0 bridgehead atoms. The zero-order chi connectivity index (χ0) is 18.5. The molecule has 0 unspecified atom stereocenters. The van der Waals surface area contributed by atoms with Crippen LogP contribution >= 0.6 is 11.8 Å². The molecule has 1 amide bonds. The summed E-state index contributed by atoms with van der Waals surface area (Å²) < 4.78 is 1.62. The molecule has 0 fully saturated rings. The third-order valence-electron chi connectivity index (χ3n) is 4.03. The van der Waals surface area contributed by atoms with Gasteiger partial charge in [-0.05, 0) is 44.2 Å². The fourth-order valence-electron chi connectivity index (χ4n) is 2.72. The molecule has 0 aliphatic carbocycles. The molecule has 0 aliphatic rings. The van der Waals surface area contributed by atoms with Crippen LogP contribution in [0.25, 0.3) is 5.69 Å². The summed E-state index contributed by atoms with van der Waals surface area (Å²) in [5.74, 6) is -0.0645. The molecule has 8 heteroatoms. The van der Waals surface area contributed by atoms with Crippen LogP contribution in [0.5, 0.6) is 0 Å². The summed E-state index contributed by atoms with van der Waals surface area (Å²) >= 11 is 1.52. The van der Waals surface area contributed by atoms with E-state index in [4.69, 9.17) is 0 Å². The topological polar surface area (TPSA) is 85.6 Å². The molecule has 26 heavy (non-hydrogen) atoms. The quantitative estimate of drug-likeness (QED) is 0.532. The van der Waals surface area contributed by atoms with Crippen LogP contribution in [0.1, 0.15) is 23.4 Å². The van der Waals surface area contributed by atoms with Crippen molar-refractivity contribution < 1.29 is 4.79 Å². The molecule has 0 atom stereocenters. The van der Waals surface area contributed by atoms with Gasteiger partial charge in [0, 0.05) is 17.8 Å².